The molecule has 1 unspecified atom stereocenters. The molecule has 6 nitrogen and oxygen atoms in total. The summed E-state index contributed by atoms with van der Waals surface area (Å²) in [5, 5.41) is 13.7. The van der Waals surface area contributed by atoms with E-state index < -0.39 is 0 Å². The molecule has 1 aliphatic heterocycles. The van der Waals surface area contributed by atoms with Crippen LogP contribution in [0.2, 0.25) is 0 Å². The van der Waals surface area contributed by atoms with E-state index in [0.717, 1.165) is 23.0 Å². The van der Waals surface area contributed by atoms with Crippen LogP contribution in [0.3, 0.4) is 0 Å². The first-order valence-electron chi connectivity index (χ1n) is 6.37. The van der Waals surface area contributed by atoms with E-state index in [4.69, 9.17) is 4.42 Å². The summed E-state index contributed by atoms with van der Waals surface area (Å²) in [6, 6.07) is 7.57. The summed E-state index contributed by atoms with van der Waals surface area (Å²) >= 11 is 2.12. The molecule has 104 valence electrons. The first-order chi connectivity index (χ1) is 9.74. The van der Waals surface area contributed by atoms with Crippen LogP contribution in [0.1, 0.15) is 35.1 Å². The number of rotatable bonds is 3. The second-order valence-corrected chi connectivity index (χ2v) is 5.69. The van der Waals surface area contributed by atoms with E-state index in [1.807, 2.05) is 18.2 Å². The van der Waals surface area contributed by atoms with Gasteiger partial charge in [0.15, 0.2) is 0 Å². The lowest BCUT2D eigenvalue weighted by Crippen LogP contribution is -2.14. The van der Waals surface area contributed by atoms with Crippen molar-refractivity contribution in [3.05, 3.63) is 39.3 Å². The number of carbonyl (C=O) groups excluding carboxylic acids is 1. The molecule has 3 rings (SSSR count). The van der Waals surface area contributed by atoms with Crippen molar-refractivity contribution >= 4 is 34.5 Å². The van der Waals surface area contributed by atoms with E-state index in [0.29, 0.717) is 11.5 Å². The molecule has 1 fully saturated rings. The highest BCUT2D eigenvalue weighted by molar-refractivity contribution is 14.1. The maximum atomic E-state index is 12.1. The highest BCUT2D eigenvalue weighted by atomic mass is 127. The van der Waals surface area contributed by atoms with E-state index >= 15 is 0 Å². The third-order valence-corrected chi connectivity index (χ3v) is 4.08. The average molecular weight is 384 g/mol. The molecule has 0 radical (unpaired) electrons. The summed E-state index contributed by atoms with van der Waals surface area (Å²) in [5.74, 6) is 0.283. The number of hydrogen-bond donors (Lipinski definition) is 2. The Labute approximate surface area is 129 Å². The summed E-state index contributed by atoms with van der Waals surface area (Å²) in [6.45, 7) is 0.955. The van der Waals surface area contributed by atoms with Gasteiger partial charge >= 0.3 is 6.01 Å². The molecule has 1 saturated heterocycles. The van der Waals surface area contributed by atoms with Crippen molar-refractivity contribution in [2.45, 2.75) is 18.9 Å². The Bertz CT molecular complexity index is 622. The molecule has 0 bridgehead atoms. The van der Waals surface area contributed by atoms with Crippen molar-refractivity contribution in [2.75, 3.05) is 11.9 Å². The van der Waals surface area contributed by atoms with Crippen LogP contribution < -0.4 is 10.6 Å². The molecular weight excluding hydrogens is 371 g/mol. The van der Waals surface area contributed by atoms with Gasteiger partial charge in [0.1, 0.15) is 0 Å². The van der Waals surface area contributed by atoms with E-state index in [1.54, 1.807) is 6.07 Å². The van der Waals surface area contributed by atoms with E-state index in [9.17, 15) is 4.79 Å². The highest BCUT2D eigenvalue weighted by Crippen LogP contribution is 2.23. The molecule has 2 heterocycles. The van der Waals surface area contributed by atoms with E-state index in [-0.39, 0.29) is 18.0 Å². The zero-order valence-electron chi connectivity index (χ0n) is 10.6. The van der Waals surface area contributed by atoms with Gasteiger partial charge in [0.2, 0.25) is 5.89 Å². The number of carbonyl (C=O) groups is 1. The number of aromatic nitrogens is 2. The molecule has 0 spiro atoms. The third kappa shape index (κ3) is 2.83. The first-order valence-corrected chi connectivity index (χ1v) is 7.44. The fourth-order valence-corrected chi connectivity index (χ4v) is 2.76. The van der Waals surface area contributed by atoms with Crippen LogP contribution in [0.4, 0.5) is 6.01 Å². The predicted octanol–water partition coefficient (Wildman–Crippen LogP) is 2.35. The van der Waals surface area contributed by atoms with Gasteiger partial charge in [-0.05, 0) is 54.1 Å². The molecule has 1 aliphatic rings. The van der Waals surface area contributed by atoms with Crippen molar-refractivity contribution in [3.63, 3.8) is 0 Å². The topological polar surface area (TPSA) is 80.0 Å². The number of benzene rings is 1. The van der Waals surface area contributed by atoms with Crippen molar-refractivity contribution in [3.8, 4) is 0 Å². The number of anilines is 1. The van der Waals surface area contributed by atoms with Crippen LogP contribution >= 0.6 is 22.6 Å². The van der Waals surface area contributed by atoms with Crippen LogP contribution in [-0.4, -0.2) is 22.6 Å². The van der Waals surface area contributed by atoms with Gasteiger partial charge in [0, 0.05) is 3.57 Å². The second kappa shape index (κ2) is 5.88. The van der Waals surface area contributed by atoms with Gasteiger partial charge in [-0.2, -0.15) is 0 Å². The van der Waals surface area contributed by atoms with Crippen molar-refractivity contribution in [1.82, 2.24) is 15.5 Å². The Morgan fingerprint density at radius 2 is 2.25 bits per heavy atom. The molecule has 20 heavy (non-hydrogen) atoms. The fourth-order valence-electron chi connectivity index (χ4n) is 2.13. The Hall–Kier alpha value is -1.48. The van der Waals surface area contributed by atoms with Gasteiger partial charge in [0.05, 0.1) is 11.6 Å². The Kier molecular flexibility index (Phi) is 3.97. The van der Waals surface area contributed by atoms with Crippen molar-refractivity contribution < 1.29 is 9.21 Å². The van der Waals surface area contributed by atoms with Crippen LogP contribution in [0.15, 0.2) is 28.7 Å². The smallest absolute Gasteiger partial charge is 0.322 e. The molecule has 0 aliphatic carbocycles. The summed E-state index contributed by atoms with van der Waals surface area (Å²) in [5.41, 5.74) is 0.590. The van der Waals surface area contributed by atoms with Gasteiger partial charge in [-0.1, -0.05) is 17.2 Å². The van der Waals surface area contributed by atoms with Gasteiger partial charge in [-0.3, -0.25) is 10.1 Å². The molecule has 1 aromatic carbocycles. The first kappa shape index (κ1) is 13.5. The number of nitrogens with one attached hydrogen (secondary N) is 2. The van der Waals surface area contributed by atoms with Crippen molar-refractivity contribution in [1.29, 1.82) is 0 Å². The largest absolute Gasteiger partial charge is 0.406 e. The fraction of sp³-hybridized carbons (Fsp3) is 0.308. The number of amides is 1. The van der Waals surface area contributed by atoms with Gasteiger partial charge in [-0.15, -0.1) is 5.10 Å². The number of hydrogen-bond acceptors (Lipinski definition) is 5. The molecule has 1 aromatic heterocycles. The van der Waals surface area contributed by atoms with Crippen LogP contribution in [-0.2, 0) is 0 Å². The minimum absolute atomic E-state index is 0.102. The minimum Gasteiger partial charge on any atom is -0.406 e. The molecule has 0 saturated carbocycles. The summed E-state index contributed by atoms with van der Waals surface area (Å²) in [6.07, 6.45) is 2.07. The molecule has 1 amide bonds. The zero-order valence-corrected chi connectivity index (χ0v) is 12.8. The van der Waals surface area contributed by atoms with Crippen molar-refractivity contribution in [2.24, 2.45) is 0 Å². The Balaban J connectivity index is 1.72. The number of nitrogens with zero attached hydrogens (tertiary/aromatic N) is 2. The lowest BCUT2D eigenvalue weighted by atomic mass is 10.2. The van der Waals surface area contributed by atoms with Crippen LogP contribution in [0.25, 0.3) is 0 Å². The normalized spacial score (nSPS) is 18.1. The molecule has 1 atom stereocenters. The lowest BCUT2D eigenvalue weighted by Gasteiger charge is -2.04. The summed E-state index contributed by atoms with van der Waals surface area (Å²) < 4.78 is 6.36. The van der Waals surface area contributed by atoms with Gasteiger partial charge < -0.3 is 9.73 Å². The quantitative estimate of drug-likeness (QED) is 0.795. The van der Waals surface area contributed by atoms with E-state index in [2.05, 4.69) is 43.4 Å². The Morgan fingerprint density at radius 1 is 1.40 bits per heavy atom. The molecule has 2 aromatic rings. The zero-order chi connectivity index (χ0) is 13.9. The third-order valence-electron chi connectivity index (χ3n) is 3.14. The lowest BCUT2D eigenvalue weighted by molar-refractivity contribution is 0.102. The monoisotopic (exact) mass is 384 g/mol. The maximum Gasteiger partial charge on any atom is 0.322 e. The average Bonchev–Trinajstić information content (AvgIpc) is 3.09. The van der Waals surface area contributed by atoms with Crippen LogP contribution in [0.5, 0.6) is 0 Å². The standard InChI is InChI=1S/C13H13IN4O2/c14-9-5-2-1-4-8(9)11(19)16-13-18-17-12(20-13)10-6-3-7-15-10/h1-2,4-5,10,15H,3,6-7H2,(H,16,18,19). The molecule has 7 heteroatoms. The molecular formula is C13H13IN4O2. The Morgan fingerprint density at radius 3 is 3.00 bits per heavy atom. The number of halogens is 1. The van der Waals surface area contributed by atoms with Gasteiger partial charge in [-0.25, -0.2) is 0 Å². The maximum absolute atomic E-state index is 12.1. The molecule has 2 N–H and O–H groups in total. The van der Waals surface area contributed by atoms with Crippen LogP contribution in [0, 0.1) is 3.57 Å². The summed E-state index contributed by atoms with van der Waals surface area (Å²) in [4.78, 5) is 12.1. The highest BCUT2D eigenvalue weighted by Gasteiger charge is 2.22. The predicted molar refractivity (Wildman–Crippen MR) is 81.4 cm³/mol. The summed E-state index contributed by atoms with van der Waals surface area (Å²) in [7, 11) is 0. The SMILES string of the molecule is O=C(Nc1nnc(C2CCCN2)o1)c1ccccc1I. The minimum atomic E-state index is -0.246. The second-order valence-electron chi connectivity index (χ2n) is 4.53. The van der Waals surface area contributed by atoms with Gasteiger partial charge in [0.25, 0.3) is 5.91 Å². The van der Waals surface area contributed by atoms with E-state index in [1.165, 1.54) is 0 Å².